The van der Waals surface area contributed by atoms with Crippen molar-refractivity contribution in [1.82, 2.24) is 0 Å². The van der Waals surface area contributed by atoms with E-state index in [1.54, 1.807) is 20.8 Å². The number of rotatable bonds is 8. The average molecular weight is 264 g/mol. The van der Waals surface area contributed by atoms with Crippen LogP contribution in [0.15, 0.2) is 11.1 Å². The lowest BCUT2D eigenvalue weighted by molar-refractivity contribution is -0.132. The van der Waals surface area contributed by atoms with Crippen molar-refractivity contribution in [3.63, 3.8) is 0 Å². The fourth-order valence-corrected chi connectivity index (χ4v) is 0.665. The molecule has 18 heavy (non-hydrogen) atoms. The molecular weight excluding hydrogens is 240 g/mol. The molecule has 0 atom stereocenters. The molecule has 0 aromatic rings. The maximum atomic E-state index is 10.1. The summed E-state index contributed by atoms with van der Waals surface area (Å²) in [6.07, 6.45) is 0. The highest BCUT2D eigenvalue weighted by Gasteiger charge is 1.99. The van der Waals surface area contributed by atoms with Crippen LogP contribution in [0.1, 0.15) is 20.8 Å². The minimum absolute atomic E-state index is 0.0417. The third-order valence-corrected chi connectivity index (χ3v) is 1.91. The number of aliphatic hydroxyl groups is 2. The summed E-state index contributed by atoms with van der Waals surface area (Å²) in [5.41, 5.74) is 1.29. The number of ether oxygens (including phenoxy) is 2. The van der Waals surface area contributed by atoms with Crippen LogP contribution in [0, 0.1) is 0 Å². The molecule has 0 amide bonds. The molecule has 6 heteroatoms. The molecule has 0 aromatic carbocycles. The van der Waals surface area contributed by atoms with Crippen LogP contribution in [0.25, 0.3) is 0 Å². The van der Waals surface area contributed by atoms with Crippen molar-refractivity contribution >= 4 is 5.97 Å². The highest BCUT2D eigenvalue weighted by molar-refractivity contribution is 5.86. The minimum Gasteiger partial charge on any atom is -0.478 e. The number of aliphatic carboxylic acids is 1. The van der Waals surface area contributed by atoms with Gasteiger partial charge in [0.1, 0.15) is 0 Å². The maximum absolute atomic E-state index is 10.1. The molecule has 0 bridgehead atoms. The Hall–Kier alpha value is -0.950. The van der Waals surface area contributed by atoms with Gasteiger partial charge in [-0.05, 0) is 20.8 Å². The first-order valence-electron chi connectivity index (χ1n) is 5.71. The van der Waals surface area contributed by atoms with E-state index in [1.165, 1.54) is 0 Å². The van der Waals surface area contributed by atoms with Gasteiger partial charge in [0.15, 0.2) is 0 Å². The van der Waals surface area contributed by atoms with Crippen molar-refractivity contribution in [3.8, 4) is 0 Å². The third-order valence-electron chi connectivity index (χ3n) is 1.91. The van der Waals surface area contributed by atoms with E-state index in [1.807, 2.05) is 0 Å². The Morgan fingerprint density at radius 2 is 1.28 bits per heavy atom. The molecule has 0 aliphatic heterocycles. The second kappa shape index (κ2) is 14.1. The Kier molecular flexibility index (Phi) is 15.2. The summed E-state index contributed by atoms with van der Waals surface area (Å²) < 4.78 is 9.75. The van der Waals surface area contributed by atoms with Gasteiger partial charge in [0, 0.05) is 5.57 Å². The van der Waals surface area contributed by atoms with E-state index in [0.717, 1.165) is 5.57 Å². The van der Waals surface area contributed by atoms with E-state index in [-0.39, 0.29) is 13.2 Å². The smallest absolute Gasteiger partial charge is 0.331 e. The predicted octanol–water partition coefficient (Wildman–Crippen LogP) is 0.432. The van der Waals surface area contributed by atoms with Crippen molar-refractivity contribution in [1.29, 1.82) is 0 Å². The van der Waals surface area contributed by atoms with Crippen LogP contribution in [0.5, 0.6) is 0 Å². The molecule has 108 valence electrons. The molecule has 0 saturated carbocycles. The van der Waals surface area contributed by atoms with Crippen molar-refractivity contribution in [2.75, 3.05) is 39.6 Å². The first-order valence-corrected chi connectivity index (χ1v) is 5.71. The number of hydrogen-bond acceptors (Lipinski definition) is 5. The molecule has 0 unspecified atom stereocenters. The molecule has 0 heterocycles. The zero-order chi connectivity index (χ0) is 14.4. The van der Waals surface area contributed by atoms with Gasteiger partial charge in [0.25, 0.3) is 0 Å². The molecule has 0 aromatic heterocycles. The van der Waals surface area contributed by atoms with Gasteiger partial charge in [-0.25, -0.2) is 4.79 Å². The zero-order valence-corrected chi connectivity index (χ0v) is 11.3. The van der Waals surface area contributed by atoms with Gasteiger partial charge in [-0.1, -0.05) is 5.57 Å². The Morgan fingerprint density at radius 3 is 1.44 bits per heavy atom. The zero-order valence-electron chi connectivity index (χ0n) is 11.3. The largest absolute Gasteiger partial charge is 0.478 e. The Labute approximate surface area is 108 Å². The number of hydrogen-bond donors (Lipinski definition) is 3. The number of carboxylic acids is 1. The summed E-state index contributed by atoms with van der Waals surface area (Å²) >= 11 is 0. The normalized spacial score (nSPS) is 9.39. The van der Waals surface area contributed by atoms with Gasteiger partial charge >= 0.3 is 5.97 Å². The Morgan fingerprint density at radius 1 is 0.889 bits per heavy atom. The first-order chi connectivity index (χ1) is 8.47. The van der Waals surface area contributed by atoms with Crippen molar-refractivity contribution in [2.24, 2.45) is 0 Å². The standard InChI is InChI=1S/C6H14O4.C6H10O2/c7-1-3-9-5-6-10-4-2-8;1-4(2)5(3)6(7)8/h7-8H,1-6H2;1-3H3,(H,7,8). The van der Waals surface area contributed by atoms with Gasteiger partial charge in [-0.15, -0.1) is 0 Å². The first kappa shape index (κ1) is 19.4. The van der Waals surface area contributed by atoms with Gasteiger partial charge in [0.2, 0.25) is 0 Å². The topological polar surface area (TPSA) is 96.2 Å². The molecular formula is C12H24O6. The van der Waals surface area contributed by atoms with Crippen LogP contribution in [0.2, 0.25) is 0 Å². The average Bonchev–Trinajstić information content (AvgIpc) is 2.33. The summed E-state index contributed by atoms with van der Waals surface area (Å²) in [6, 6.07) is 0. The molecule has 0 saturated heterocycles. The van der Waals surface area contributed by atoms with E-state index in [9.17, 15) is 4.79 Å². The molecule has 0 rings (SSSR count). The third kappa shape index (κ3) is 15.0. The van der Waals surface area contributed by atoms with Crippen LogP contribution in [0.4, 0.5) is 0 Å². The second-order valence-electron chi connectivity index (χ2n) is 3.60. The lowest BCUT2D eigenvalue weighted by atomic mass is 10.2. The quantitative estimate of drug-likeness (QED) is 0.434. The van der Waals surface area contributed by atoms with Crippen LogP contribution in [0.3, 0.4) is 0 Å². The van der Waals surface area contributed by atoms with Gasteiger partial charge in [0.05, 0.1) is 39.6 Å². The molecule has 0 radical (unpaired) electrons. The van der Waals surface area contributed by atoms with E-state index in [0.29, 0.717) is 32.0 Å². The van der Waals surface area contributed by atoms with Crippen LogP contribution in [-0.2, 0) is 14.3 Å². The van der Waals surface area contributed by atoms with Crippen molar-refractivity contribution < 1.29 is 29.6 Å². The van der Waals surface area contributed by atoms with Crippen molar-refractivity contribution in [2.45, 2.75) is 20.8 Å². The van der Waals surface area contributed by atoms with Crippen LogP contribution in [-0.4, -0.2) is 60.9 Å². The predicted molar refractivity (Wildman–Crippen MR) is 67.5 cm³/mol. The van der Waals surface area contributed by atoms with E-state index >= 15 is 0 Å². The second-order valence-corrected chi connectivity index (χ2v) is 3.60. The molecule has 6 nitrogen and oxygen atoms in total. The lowest BCUT2D eigenvalue weighted by Gasteiger charge is -2.01. The molecule has 0 aliphatic rings. The highest BCUT2D eigenvalue weighted by Crippen LogP contribution is 1.99. The molecule has 0 spiro atoms. The highest BCUT2D eigenvalue weighted by atomic mass is 16.5. The van der Waals surface area contributed by atoms with Gasteiger partial charge in [-0.3, -0.25) is 0 Å². The monoisotopic (exact) mass is 264 g/mol. The summed E-state index contributed by atoms with van der Waals surface area (Å²) in [4.78, 5) is 10.1. The molecule has 3 N–H and O–H groups in total. The fourth-order valence-electron chi connectivity index (χ4n) is 0.665. The van der Waals surface area contributed by atoms with E-state index in [4.69, 9.17) is 24.8 Å². The fraction of sp³-hybridized carbons (Fsp3) is 0.750. The SMILES string of the molecule is CC(C)=C(C)C(=O)O.OCCOCCOCCO. The summed E-state index contributed by atoms with van der Waals surface area (Å²) in [5, 5.41) is 24.8. The minimum atomic E-state index is -0.829. The number of carboxylic acid groups (broad SMARTS) is 1. The summed E-state index contributed by atoms with van der Waals surface area (Å²) in [6.45, 7) is 6.89. The summed E-state index contributed by atoms with van der Waals surface area (Å²) in [5.74, 6) is -0.829. The van der Waals surface area contributed by atoms with Crippen LogP contribution >= 0.6 is 0 Å². The van der Waals surface area contributed by atoms with E-state index < -0.39 is 5.97 Å². The lowest BCUT2D eigenvalue weighted by Crippen LogP contribution is -2.09. The van der Waals surface area contributed by atoms with Crippen molar-refractivity contribution in [3.05, 3.63) is 11.1 Å². The number of carbonyl (C=O) groups is 1. The Balaban J connectivity index is 0. The van der Waals surface area contributed by atoms with E-state index in [2.05, 4.69) is 0 Å². The number of allylic oxidation sites excluding steroid dienone is 1. The summed E-state index contributed by atoms with van der Waals surface area (Å²) in [7, 11) is 0. The molecule has 0 aliphatic carbocycles. The van der Waals surface area contributed by atoms with Gasteiger partial charge < -0.3 is 24.8 Å². The number of aliphatic hydroxyl groups excluding tert-OH is 2. The van der Waals surface area contributed by atoms with Gasteiger partial charge in [-0.2, -0.15) is 0 Å². The molecule has 0 fully saturated rings. The van der Waals surface area contributed by atoms with Crippen LogP contribution < -0.4 is 0 Å². The Bertz CT molecular complexity index is 225. The maximum Gasteiger partial charge on any atom is 0.331 e.